The summed E-state index contributed by atoms with van der Waals surface area (Å²) < 4.78 is 22.9. The van der Waals surface area contributed by atoms with Crippen molar-refractivity contribution in [3.8, 4) is 0 Å². The van der Waals surface area contributed by atoms with Gasteiger partial charge in [-0.1, -0.05) is 0 Å². The highest BCUT2D eigenvalue weighted by Gasteiger charge is 2.28. The molecule has 1 aromatic heterocycles. The molecule has 1 aromatic rings. The van der Waals surface area contributed by atoms with Crippen LogP contribution in [0.3, 0.4) is 0 Å². The van der Waals surface area contributed by atoms with Gasteiger partial charge in [-0.3, -0.25) is 0 Å². The van der Waals surface area contributed by atoms with Crippen LogP contribution in [-0.2, 0) is 9.84 Å². The van der Waals surface area contributed by atoms with Crippen LogP contribution in [0, 0.1) is 0 Å². The van der Waals surface area contributed by atoms with Gasteiger partial charge in [-0.15, -0.1) is 0 Å². The molecule has 3 heterocycles. The molecule has 19 heavy (non-hydrogen) atoms. The van der Waals surface area contributed by atoms with Crippen LogP contribution in [0.25, 0.3) is 0 Å². The minimum Gasteiger partial charge on any atom is -0.366 e. The monoisotopic (exact) mass is 282 g/mol. The van der Waals surface area contributed by atoms with Gasteiger partial charge in [0.2, 0.25) is 0 Å². The molecule has 0 bridgehead atoms. The molecule has 1 N–H and O–H groups in total. The Hall–Kier alpha value is -1.37. The first-order valence-corrected chi connectivity index (χ1v) is 8.48. The van der Waals surface area contributed by atoms with E-state index < -0.39 is 9.84 Å². The van der Waals surface area contributed by atoms with E-state index in [2.05, 4.69) is 20.2 Å². The van der Waals surface area contributed by atoms with Crippen LogP contribution in [0.1, 0.15) is 19.3 Å². The Morgan fingerprint density at radius 3 is 2.74 bits per heavy atom. The van der Waals surface area contributed by atoms with Crippen molar-refractivity contribution in [1.82, 2.24) is 9.97 Å². The number of hydrogen-bond acceptors (Lipinski definition) is 6. The lowest BCUT2D eigenvalue weighted by atomic mass is 10.2. The van der Waals surface area contributed by atoms with E-state index in [1.54, 1.807) is 6.33 Å². The quantitative estimate of drug-likeness (QED) is 0.878. The summed E-state index contributed by atoms with van der Waals surface area (Å²) in [6.07, 6.45) is 4.60. The fourth-order valence-corrected chi connectivity index (χ4v) is 4.34. The van der Waals surface area contributed by atoms with Gasteiger partial charge in [-0.2, -0.15) is 0 Å². The molecular weight excluding hydrogens is 264 g/mol. The van der Waals surface area contributed by atoms with Gasteiger partial charge in [0, 0.05) is 25.2 Å². The van der Waals surface area contributed by atoms with Gasteiger partial charge in [-0.05, 0) is 19.3 Å². The lowest BCUT2D eigenvalue weighted by Gasteiger charge is -2.17. The van der Waals surface area contributed by atoms with E-state index in [1.807, 2.05) is 6.07 Å². The van der Waals surface area contributed by atoms with Gasteiger partial charge in [0.05, 0.1) is 11.5 Å². The Kier molecular flexibility index (Phi) is 3.30. The van der Waals surface area contributed by atoms with Crippen molar-refractivity contribution < 1.29 is 8.42 Å². The van der Waals surface area contributed by atoms with Crippen molar-refractivity contribution in [3.05, 3.63) is 12.4 Å². The minimum atomic E-state index is -2.86. The van der Waals surface area contributed by atoms with E-state index in [4.69, 9.17) is 0 Å². The van der Waals surface area contributed by atoms with E-state index in [-0.39, 0.29) is 17.5 Å². The predicted molar refractivity (Wildman–Crippen MR) is 74.2 cm³/mol. The molecule has 7 heteroatoms. The van der Waals surface area contributed by atoms with E-state index >= 15 is 0 Å². The summed E-state index contributed by atoms with van der Waals surface area (Å²) in [5.74, 6) is 2.12. The summed E-state index contributed by atoms with van der Waals surface area (Å²) in [7, 11) is -2.86. The normalized spacial score (nSPS) is 25.7. The molecule has 0 aromatic carbocycles. The maximum absolute atomic E-state index is 11.4. The smallest absolute Gasteiger partial charge is 0.152 e. The summed E-state index contributed by atoms with van der Waals surface area (Å²) in [4.78, 5) is 10.7. The summed E-state index contributed by atoms with van der Waals surface area (Å²) in [5, 5.41) is 3.20. The molecule has 0 saturated carbocycles. The van der Waals surface area contributed by atoms with Crippen LogP contribution in [0.5, 0.6) is 0 Å². The zero-order chi connectivity index (χ0) is 13.3. The molecule has 2 fully saturated rings. The van der Waals surface area contributed by atoms with Crippen LogP contribution in [0.2, 0.25) is 0 Å². The second kappa shape index (κ2) is 4.96. The molecule has 6 nitrogen and oxygen atoms in total. The van der Waals surface area contributed by atoms with E-state index in [9.17, 15) is 8.42 Å². The summed E-state index contributed by atoms with van der Waals surface area (Å²) >= 11 is 0. The van der Waals surface area contributed by atoms with Gasteiger partial charge in [0.15, 0.2) is 9.84 Å². The van der Waals surface area contributed by atoms with Crippen molar-refractivity contribution in [1.29, 1.82) is 0 Å². The second-order valence-corrected chi connectivity index (χ2v) is 7.43. The van der Waals surface area contributed by atoms with Crippen LogP contribution >= 0.6 is 0 Å². The Morgan fingerprint density at radius 2 is 2.05 bits per heavy atom. The molecule has 2 aliphatic rings. The van der Waals surface area contributed by atoms with Gasteiger partial charge < -0.3 is 10.2 Å². The molecule has 0 spiro atoms. The van der Waals surface area contributed by atoms with Crippen molar-refractivity contribution in [3.63, 3.8) is 0 Å². The third-order valence-electron chi connectivity index (χ3n) is 3.67. The SMILES string of the molecule is O=S1(=O)CCC(Nc2cc(N3CCCC3)ncn2)C1. The summed E-state index contributed by atoms with van der Waals surface area (Å²) in [6, 6.07) is 1.89. The first-order valence-electron chi connectivity index (χ1n) is 6.66. The zero-order valence-electron chi connectivity index (χ0n) is 10.7. The second-order valence-electron chi connectivity index (χ2n) is 5.20. The lowest BCUT2D eigenvalue weighted by Crippen LogP contribution is -2.23. The van der Waals surface area contributed by atoms with Crippen LogP contribution in [0.15, 0.2) is 12.4 Å². The number of sulfone groups is 1. The highest BCUT2D eigenvalue weighted by molar-refractivity contribution is 7.91. The molecule has 3 rings (SSSR count). The average molecular weight is 282 g/mol. The minimum absolute atomic E-state index is 0.0219. The zero-order valence-corrected chi connectivity index (χ0v) is 11.6. The fraction of sp³-hybridized carbons (Fsp3) is 0.667. The molecule has 2 saturated heterocycles. The molecule has 104 valence electrons. The Balaban J connectivity index is 1.69. The number of rotatable bonds is 3. The van der Waals surface area contributed by atoms with Crippen molar-refractivity contribution in [2.24, 2.45) is 0 Å². The van der Waals surface area contributed by atoms with Crippen LogP contribution in [0.4, 0.5) is 11.6 Å². The van der Waals surface area contributed by atoms with Crippen molar-refractivity contribution in [2.75, 3.05) is 34.8 Å². The Morgan fingerprint density at radius 1 is 1.26 bits per heavy atom. The maximum atomic E-state index is 11.4. The molecule has 0 aliphatic carbocycles. The average Bonchev–Trinajstić information content (AvgIpc) is 2.99. The largest absolute Gasteiger partial charge is 0.366 e. The number of anilines is 2. The maximum Gasteiger partial charge on any atom is 0.152 e. The standard InChI is InChI=1S/C12H18N4O2S/c17-19(18)6-3-10(8-19)15-11-7-12(14-9-13-11)16-4-1-2-5-16/h7,9-10H,1-6,8H2,(H,13,14,15). The Labute approximate surface area is 113 Å². The van der Waals surface area contributed by atoms with Crippen molar-refractivity contribution in [2.45, 2.75) is 25.3 Å². The molecule has 0 amide bonds. The van der Waals surface area contributed by atoms with Gasteiger partial charge in [0.25, 0.3) is 0 Å². The van der Waals surface area contributed by atoms with E-state index in [1.165, 1.54) is 12.8 Å². The molecule has 1 atom stereocenters. The number of nitrogens with one attached hydrogen (secondary N) is 1. The highest BCUT2D eigenvalue weighted by Crippen LogP contribution is 2.21. The van der Waals surface area contributed by atoms with Gasteiger partial charge in [-0.25, -0.2) is 18.4 Å². The van der Waals surface area contributed by atoms with E-state index in [0.29, 0.717) is 6.42 Å². The number of aromatic nitrogens is 2. The van der Waals surface area contributed by atoms with Crippen LogP contribution in [-0.4, -0.2) is 49.0 Å². The molecule has 1 unspecified atom stereocenters. The van der Waals surface area contributed by atoms with Gasteiger partial charge in [0.1, 0.15) is 18.0 Å². The first kappa shape index (κ1) is 12.7. The van der Waals surface area contributed by atoms with Crippen molar-refractivity contribution >= 4 is 21.5 Å². The third-order valence-corrected chi connectivity index (χ3v) is 5.44. The third kappa shape index (κ3) is 2.97. The predicted octanol–water partition coefficient (Wildman–Crippen LogP) is 0.676. The fourth-order valence-electron chi connectivity index (χ4n) is 2.66. The van der Waals surface area contributed by atoms with E-state index in [0.717, 1.165) is 24.7 Å². The summed E-state index contributed by atoms with van der Waals surface area (Å²) in [5.41, 5.74) is 0. The topological polar surface area (TPSA) is 75.2 Å². The molecule has 2 aliphatic heterocycles. The molecule has 0 radical (unpaired) electrons. The Bertz CT molecular complexity index is 555. The number of hydrogen-bond donors (Lipinski definition) is 1. The highest BCUT2D eigenvalue weighted by atomic mass is 32.2. The first-order chi connectivity index (χ1) is 9.12. The lowest BCUT2D eigenvalue weighted by molar-refractivity contribution is 0.602. The summed E-state index contributed by atoms with van der Waals surface area (Å²) in [6.45, 7) is 2.07. The molecular formula is C12H18N4O2S. The van der Waals surface area contributed by atoms with Crippen LogP contribution < -0.4 is 10.2 Å². The van der Waals surface area contributed by atoms with Gasteiger partial charge >= 0.3 is 0 Å². The number of nitrogens with zero attached hydrogens (tertiary/aromatic N) is 3.